The van der Waals surface area contributed by atoms with Gasteiger partial charge in [0, 0.05) is 30.8 Å². The van der Waals surface area contributed by atoms with E-state index in [-0.39, 0.29) is 28.1 Å². The lowest BCUT2D eigenvalue weighted by molar-refractivity contribution is -0.137. The van der Waals surface area contributed by atoms with E-state index in [1.807, 2.05) is 6.92 Å². The zero-order valence-electron chi connectivity index (χ0n) is 21.7. The molecule has 3 heterocycles. The number of carbonyl (C=O) groups is 1. The summed E-state index contributed by atoms with van der Waals surface area (Å²) in [6.07, 6.45) is -0.906. The van der Waals surface area contributed by atoms with Gasteiger partial charge in [-0.25, -0.2) is 4.79 Å². The highest BCUT2D eigenvalue weighted by atomic mass is 32.2. The van der Waals surface area contributed by atoms with Crippen LogP contribution in [0.1, 0.15) is 35.8 Å². The largest absolute Gasteiger partial charge is 0.417 e. The van der Waals surface area contributed by atoms with Crippen molar-refractivity contribution in [3.8, 4) is 17.1 Å². The summed E-state index contributed by atoms with van der Waals surface area (Å²) in [5.41, 5.74) is 0.0141. The molecular formula is C27H25F3N4O6S. The summed E-state index contributed by atoms with van der Waals surface area (Å²) in [6, 6.07) is 14.4. The Morgan fingerprint density at radius 3 is 2.34 bits per heavy atom. The number of pyridine rings is 1. The molecule has 1 amide bonds. The number of nitrogens with zero attached hydrogens (tertiary/aromatic N) is 4. The Morgan fingerprint density at radius 2 is 1.73 bits per heavy atom. The van der Waals surface area contributed by atoms with Crippen molar-refractivity contribution < 1.29 is 40.2 Å². The molecule has 5 rings (SSSR count). The van der Waals surface area contributed by atoms with E-state index in [4.69, 9.17) is 13.8 Å². The van der Waals surface area contributed by atoms with E-state index in [0.717, 1.165) is 11.6 Å². The molecule has 0 unspecified atom stereocenters. The Kier molecular flexibility index (Phi) is 9.03. The van der Waals surface area contributed by atoms with Crippen LogP contribution in [0.4, 0.5) is 18.0 Å². The van der Waals surface area contributed by atoms with Gasteiger partial charge in [-0.2, -0.15) is 26.6 Å². The maximum absolute atomic E-state index is 13.2. The number of piperidine rings is 1. The summed E-state index contributed by atoms with van der Waals surface area (Å²) in [5, 5.41) is 3.75. The summed E-state index contributed by atoms with van der Waals surface area (Å²) in [4.78, 5) is 21.8. The lowest BCUT2D eigenvalue weighted by Gasteiger charge is -2.29. The third-order valence-corrected chi connectivity index (χ3v) is 7.04. The van der Waals surface area contributed by atoms with Gasteiger partial charge in [0.1, 0.15) is 0 Å². The Hall–Kier alpha value is -4.30. The first-order valence-corrected chi connectivity index (χ1v) is 13.8. The molecule has 2 aromatic carbocycles. The average molecular weight is 591 g/mol. The second-order valence-corrected chi connectivity index (χ2v) is 10.5. The first kappa shape index (κ1) is 29.7. The van der Waals surface area contributed by atoms with E-state index in [2.05, 4.69) is 15.1 Å². The van der Waals surface area contributed by atoms with Gasteiger partial charge < -0.3 is 14.2 Å². The molecule has 0 saturated carbocycles. The molecule has 1 N–H and O–H groups in total. The van der Waals surface area contributed by atoms with Crippen LogP contribution in [0.5, 0.6) is 5.75 Å². The zero-order valence-corrected chi connectivity index (χ0v) is 22.5. The maximum Gasteiger partial charge on any atom is 0.417 e. The summed E-state index contributed by atoms with van der Waals surface area (Å²) in [6.45, 7) is 2.65. The minimum Gasteiger partial charge on any atom is -0.409 e. The van der Waals surface area contributed by atoms with Gasteiger partial charge in [-0.05, 0) is 50.1 Å². The smallest absolute Gasteiger partial charge is 0.409 e. The maximum atomic E-state index is 13.2. The average Bonchev–Trinajstić information content (AvgIpc) is 3.44. The van der Waals surface area contributed by atoms with Gasteiger partial charge in [-0.15, -0.1) is 0 Å². The van der Waals surface area contributed by atoms with Gasteiger partial charge in [0.15, 0.2) is 5.75 Å². The first-order valence-electron chi connectivity index (χ1n) is 12.3. The number of benzene rings is 2. The normalized spacial score (nSPS) is 14.2. The van der Waals surface area contributed by atoms with Gasteiger partial charge >= 0.3 is 12.3 Å². The number of ether oxygens (including phenoxy) is 1. The Bertz CT molecular complexity index is 1570. The quantitative estimate of drug-likeness (QED) is 0.294. The van der Waals surface area contributed by atoms with Crippen LogP contribution < -0.4 is 4.74 Å². The molecule has 0 atom stereocenters. The minimum atomic E-state index is -4.52. The van der Waals surface area contributed by atoms with Crippen molar-refractivity contribution in [3.05, 3.63) is 90.1 Å². The topological polar surface area (TPSA) is 136 Å². The number of rotatable bonds is 4. The second kappa shape index (κ2) is 12.5. The van der Waals surface area contributed by atoms with Gasteiger partial charge in [-0.3, -0.25) is 9.54 Å². The van der Waals surface area contributed by atoms with Crippen LogP contribution in [0.2, 0.25) is 0 Å². The van der Waals surface area contributed by atoms with Crippen molar-refractivity contribution in [3.63, 3.8) is 0 Å². The van der Waals surface area contributed by atoms with Crippen LogP contribution in [0.25, 0.3) is 11.4 Å². The molecule has 2 aromatic heterocycles. The monoisotopic (exact) mass is 590 g/mol. The molecule has 41 heavy (non-hydrogen) atoms. The van der Waals surface area contributed by atoms with Gasteiger partial charge in [0.2, 0.25) is 11.7 Å². The third kappa shape index (κ3) is 7.89. The fraction of sp³-hybridized carbons (Fsp3) is 0.259. The molecule has 14 heteroatoms. The molecule has 0 radical (unpaired) electrons. The van der Waals surface area contributed by atoms with Gasteiger partial charge in [-0.1, -0.05) is 41.1 Å². The number of aryl methyl sites for hydroxylation is 1. The predicted molar refractivity (Wildman–Crippen MR) is 140 cm³/mol. The number of likely N-dealkylation sites (tertiary alicyclic amines) is 1. The lowest BCUT2D eigenvalue weighted by Crippen LogP contribution is -2.39. The van der Waals surface area contributed by atoms with E-state index >= 15 is 0 Å². The van der Waals surface area contributed by atoms with Crippen molar-refractivity contribution in [1.82, 2.24) is 20.0 Å². The van der Waals surface area contributed by atoms with Gasteiger partial charge in [0.25, 0.3) is 10.1 Å². The van der Waals surface area contributed by atoms with E-state index in [1.54, 1.807) is 35.4 Å². The molecule has 0 aliphatic carbocycles. The van der Waals surface area contributed by atoms with Crippen molar-refractivity contribution in [2.75, 3.05) is 13.1 Å². The molecule has 1 fully saturated rings. The Morgan fingerprint density at radius 1 is 1.05 bits per heavy atom. The zero-order chi connectivity index (χ0) is 29.6. The standard InChI is InChI=1S/C20H17F3N4O3.C7H8O3S/c21-20(22,23)16-6-2-1-5-15(16)17-25-18(30-26-17)13-7-10-27(11-8-13)19(28)29-14-4-3-9-24-12-14;1-6-2-4-7(5-3-6)11(8,9)10/h1-6,9,12-13H,7-8,10-11H2;2-5H,1H3,(H,8,9,10). The molecule has 0 spiro atoms. The van der Waals surface area contributed by atoms with Crippen LogP contribution in [-0.2, 0) is 16.3 Å². The molecule has 10 nitrogen and oxygen atoms in total. The molecular weight excluding hydrogens is 565 g/mol. The fourth-order valence-electron chi connectivity index (χ4n) is 4.03. The number of hydrogen-bond acceptors (Lipinski definition) is 8. The Labute approximate surface area is 233 Å². The number of halogens is 3. The molecule has 4 aromatic rings. The minimum absolute atomic E-state index is 0.0666. The fourth-order valence-corrected chi connectivity index (χ4v) is 4.51. The lowest BCUT2D eigenvalue weighted by atomic mass is 9.97. The number of amides is 1. The van der Waals surface area contributed by atoms with E-state index in [0.29, 0.717) is 31.7 Å². The van der Waals surface area contributed by atoms with Crippen LogP contribution >= 0.6 is 0 Å². The second-order valence-electron chi connectivity index (χ2n) is 9.11. The summed E-state index contributed by atoms with van der Waals surface area (Å²) < 4.78 is 79.8. The van der Waals surface area contributed by atoms with Crippen LogP contribution in [0, 0.1) is 6.92 Å². The van der Waals surface area contributed by atoms with Crippen LogP contribution in [-0.4, -0.2) is 52.2 Å². The van der Waals surface area contributed by atoms with E-state index in [1.165, 1.54) is 36.5 Å². The third-order valence-electron chi connectivity index (χ3n) is 6.18. The summed E-state index contributed by atoms with van der Waals surface area (Å²) in [5.74, 6) is 0.375. The molecule has 1 aliphatic heterocycles. The highest BCUT2D eigenvalue weighted by Crippen LogP contribution is 2.37. The SMILES string of the molecule is Cc1ccc(S(=O)(=O)O)cc1.O=C(Oc1cccnc1)N1CCC(c2nc(-c3ccccc3C(F)(F)F)no2)CC1. The Balaban J connectivity index is 0.000000296. The number of carbonyl (C=O) groups excluding carboxylic acids is 1. The molecule has 216 valence electrons. The predicted octanol–water partition coefficient (Wildman–Crippen LogP) is 5.77. The van der Waals surface area contributed by atoms with Crippen molar-refractivity contribution >= 4 is 16.2 Å². The number of hydrogen-bond donors (Lipinski definition) is 1. The van der Waals surface area contributed by atoms with E-state index in [9.17, 15) is 26.4 Å². The van der Waals surface area contributed by atoms with Crippen LogP contribution in [0.3, 0.4) is 0 Å². The number of alkyl halides is 3. The van der Waals surface area contributed by atoms with Crippen molar-refractivity contribution in [1.29, 1.82) is 0 Å². The van der Waals surface area contributed by atoms with E-state index < -0.39 is 28.0 Å². The van der Waals surface area contributed by atoms with Crippen molar-refractivity contribution in [2.24, 2.45) is 0 Å². The first-order chi connectivity index (χ1) is 19.4. The highest BCUT2D eigenvalue weighted by Gasteiger charge is 2.35. The summed E-state index contributed by atoms with van der Waals surface area (Å²) >= 11 is 0. The summed E-state index contributed by atoms with van der Waals surface area (Å²) in [7, 11) is -4.02. The molecule has 0 bridgehead atoms. The van der Waals surface area contributed by atoms with Crippen LogP contribution in [0.15, 0.2) is 82.5 Å². The van der Waals surface area contributed by atoms with Gasteiger partial charge in [0.05, 0.1) is 16.7 Å². The highest BCUT2D eigenvalue weighted by molar-refractivity contribution is 7.85. The van der Waals surface area contributed by atoms with Crippen molar-refractivity contribution in [2.45, 2.75) is 36.8 Å². The number of aromatic nitrogens is 3. The molecule has 1 aliphatic rings. The molecule has 1 saturated heterocycles.